The number of hydrogen-bond acceptors (Lipinski definition) is 10. The summed E-state index contributed by atoms with van der Waals surface area (Å²) in [6, 6.07) is 9.41. The van der Waals surface area contributed by atoms with Crippen LogP contribution in [0.2, 0.25) is 5.02 Å². The first-order valence-electron chi connectivity index (χ1n) is 16.3. The molecule has 3 atom stereocenters. The number of hydrogen-bond donors (Lipinski definition) is 2. The van der Waals surface area contributed by atoms with Crippen LogP contribution in [0.15, 0.2) is 64.2 Å². The highest BCUT2D eigenvalue weighted by Crippen LogP contribution is 2.38. The van der Waals surface area contributed by atoms with Crippen molar-refractivity contribution in [3.05, 3.63) is 86.5 Å². The second-order valence-electron chi connectivity index (χ2n) is 12.8. The fourth-order valence-corrected chi connectivity index (χ4v) is 8.28. The number of halogens is 2. The fourth-order valence-electron chi connectivity index (χ4n) is 7.42. The number of benzene rings is 2. The number of aliphatic imine (C=N–C) groups is 1. The molecule has 3 saturated heterocycles. The van der Waals surface area contributed by atoms with Gasteiger partial charge in [0.05, 0.1) is 35.8 Å². The molecule has 2 aromatic carbocycles. The summed E-state index contributed by atoms with van der Waals surface area (Å²) in [6.07, 6.45) is 3.91. The Morgan fingerprint density at radius 3 is 2.80 bits per heavy atom. The Balaban J connectivity index is 1.05. The average Bonchev–Trinajstić information content (AvgIpc) is 3.91. The normalized spacial score (nSPS) is 23.3. The minimum absolute atomic E-state index is 0.0197. The molecule has 12 nitrogen and oxygen atoms in total. The first-order chi connectivity index (χ1) is 23.8. The van der Waals surface area contributed by atoms with Gasteiger partial charge >= 0.3 is 12.0 Å². The van der Waals surface area contributed by atoms with E-state index < -0.39 is 17.8 Å². The Morgan fingerprint density at radius 2 is 2.04 bits per heavy atom. The molecular weight excluding hydrogens is 669 g/mol. The SMILES string of the molecule is COC(=O)C1=C(CN2CCN3C(=O)N(c4ccc5nc([C@H]6CCCN6C)[nH]c5c4)C[C@@H]3C2)NC(c2nccs2)=N[C@H]1c1ccc(F)cc1Cl. The summed E-state index contributed by atoms with van der Waals surface area (Å²) in [7, 11) is 3.45. The van der Waals surface area contributed by atoms with Crippen LogP contribution in [-0.4, -0.2) is 107 Å². The van der Waals surface area contributed by atoms with Gasteiger partial charge < -0.3 is 19.9 Å². The second kappa shape index (κ2) is 12.8. The minimum Gasteiger partial charge on any atom is -0.466 e. The highest BCUT2D eigenvalue weighted by molar-refractivity contribution is 7.11. The standard InChI is InChI=1S/C34H35ClFN9O3S/c1-42-10-3-4-27(42)30-38-24-8-6-20(15-25(24)39-30)45-17-21-16-43(11-12-44(21)34(45)47)18-26-28(33(46)48-2)29(22-7-5-19(36)14-23(22)35)41-31(40-26)32-37-9-13-49-32/h5-9,13-15,21,27,29H,3-4,10-12,16-18H2,1-2H3,(H,38,39)(H,40,41)/t21-,27+,29-/m0/s1. The maximum atomic E-state index is 14.0. The number of carbonyl (C=O) groups is 2. The zero-order chi connectivity index (χ0) is 33.8. The number of aromatic amines is 1. The minimum atomic E-state index is -0.840. The van der Waals surface area contributed by atoms with Crippen molar-refractivity contribution in [1.82, 2.24) is 35.0 Å². The number of urea groups is 1. The number of ether oxygens (including phenoxy) is 1. The van der Waals surface area contributed by atoms with E-state index >= 15 is 0 Å². The number of imidazole rings is 1. The number of anilines is 1. The largest absolute Gasteiger partial charge is 0.466 e. The van der Waals surface area contributed by atoms with E-state index in [4.69, 9.17) is 26.3 Å². The summed E-state index contributed by atoms with van der Waals surface area (Å²) in [6.45, 7) is 3.68. The Bertz CT molecular complexity index is 2000. The second-order valence-corrected chi connectivity index (χ2v) is 14.1. The summed E-state index contributed by atoms with van der Waals surface area (Å²) in [5.74, 6) is 0.408. The number of nitrogens with zero attached hydrogens (tertiary/aromatic N) is 7. The number of amides is 2. The molecule has 2 aromatic heterocycles. The number of esters is 1. The van der Waals surface area contributed by atoms with Gasteiger partial charge in [-0.15, -0.1) is 11.3 Å². The number of H-pyrrole nitrogens is 1. The Labute approximate surface area is 291 Å². The van der Waals surface area contributed by atoms with Crippen LogP contribution in [0.5, 0.6) is 0 Å². The molecular formula is C34H35ClFN9O3S. The van der Waals surface area contributed by atoms with Crippen molar-refractivity contribution in [2.45, 2.75) is 31.0 Å². The van der Waals surface area contributed by atoms with Crippen molar-refractivity contribution in [3.8, 4) is 0 Å². The van der Waals surface area contributed by atoms with Crippen molar-refractivity contribution >= 4 is 57.5 Å². The summed E-state index contributed by atoms with van der Waals surface area (Å²) in [5.41, 5.74) is 4.02. The maximum Gasteiger partial charge on any atom is 0.338 e. The van der Waals surface area contributed by atoms with E-state index in [1.54, 1.807) is 12.3 Å². The van der Waals surface area contributed by atoms with Crippen molar-refractivity contribution in [2.24, 2.45) is 4.99 Å². The lowest BCUT2D eigenvalue weighted by Gasteiger charge is -2.38. The highest BCUT2D eigenvalue weighted by Gasteiger charge is 2.42. The Kier molecular flexibility index (Phi) is 8.34. The molecule has 4 aliphatic rings. The van der Waals surface area contributed by atoms with E-state index in [-0.39, 0.29) is 23.1 Å². The van der Waals surface area contributed by atoms with Gasteiger partial charge in [0, 0.05) is 66.3 Å². The maximum absolute atomic E-state index is 14.0. The number of fused-ring (bicyclic) bond motifs is 2. The van der Waals surface area contributed by atoms with Gasteiger partial charge in [0.15, 0.2) is 10.8 Å². The van der Waals surface area contributed by atoms with E-state index in [0.29, 0.717) is 60.4 Å². The summed E-state index contributed by atoms with van der Waals surface area (Å²) in [4.78, 5) is 53.0. The van der Waals surface area contributed by atoms with Gasteiger partial charge in [-0.3, -0.25) is 19.7 Å². The molecule has 254 valence electrons. The van der Waals surface area contributed by atoms with E-state index in [9.17, 15) is 14.0 Å². The average molecular weight is 704 g/mol. The number of piperazine rings is 1. The first kappa shape index (κ1) is 31.9. The summed E-state index contributed by atoms with van der Waals surface area (Å²) in [5, 5.41) is 6.00. The van der Waals surface area contributed by atoms with Crippen LogP contribution in [0.25, 0.3) is 11.0 Å². The summed E-state index contributed by atoms with van der Waals surface area (Å²) >= 11 is 7.93. The van der Waals surface area contributed by atoms with Gasteiger partial charge in [-0.1, -0.05) is 17.7 Å². The number of nitrogens with one attached hydrogen (secondary N) is 2. The molecule has 3 fully saturated rings. The predicted molar refractivity (Wildman–Crippen MR) is 185 cm³/mol. The zero-order valence-corrected chi connectivity index (χ0v) is 28.6. The lowest BCUT2D eigenvalue weighted by Crippen LogP contribution is -2.53. The third-order valence-corrected chi connectivity index (χ3v) is 11.0. The van der Waals surface area contributed by atoms with Crippen molar-refractivity contribution in [3.63, 3.8) is 0 Å². The molecule has 0 unspecified atom stereocenters. The van der Waals surface area contributed by atoms with Gasteiger partial charge in [-0.2, -0.15) is 0 Å². The van der Waals surface area contributed by atoms with Crippen LogP contribution in [0, 0.1) is 5.82 Å². The molecule has 2 amide bonds. The number of methoxy groups -OCH3 is 1. The number of carbonyl (C=O) groups excluding carboxylic acids is 2. The van der Waals surface area contributed by atoms with E-state index in [1.807, 2.05) is 33.4 Å². The van der Waals surface area contributed by atoms with E-state index in [1.165, 1.54) is 30.6 Å². The molecule has 4 aliphatic heterocycles. The first-order valence-corrected chi connectivity index (χ1v) is 17.5. The van der Waals surface area contributed by atoms with Gasteiger partial charge in [0.25, 0.3) is 0 Å². The molecule has 49 heavy (non-hydrogen) atoms. The van der Waals surface area contributed by atoms with Crippen LogP contribution < -0.4 is 10.2 Å². The molecule has 6 heterocycles. The van der Waals surface area contributed by atoms with E-state index in [0.717, 1.165) is 41.9 Å². The third-order valence-electron chi connectivity index (χ3n) is 9.87. The van der Waals surface area contributed by atoms with Crippen LogP contribution in [-0.2, 0) is 9.53 Å². The molecule has 0 bridgehead atoms. The molecule has 0 aliphatic carbocycles. The number of thiazole rings is 1. The van der Waals surface area contributed by atoms with Crippen LogP contribution in [0.3, 0.4) is 0 Å². The number of aromatic nitrogens is 3. The molecule has 0 spiro atoms. The third kappa shape index (κ3) is 5.86. The molecule has 4 aromatic rings. The monoisotopic (exact) mass is 703 g/mol. The number of rotatable bonds is 7. The number of amidine groups is 1. The zero-order valence-electron chi connectivity index (χ0n) is 27.0. The van der Waals surface area contributed by atoms with Gasteiger partial charge in [-0.25, -0.2) is 23.9 Å². The molecule has 0 radical (unpaired) electrons. The van der Waals surface area contributed by atoms with Gasteiger partial charge in [-0.05, 0) is 56.8 Å². The van der Waals surface area contributed by atoms with Crippen molar-refractivity contribution < 1.29 is 18.7 Å². The summed E-state index contributed by atoms with van der Waals surface area (Å²) < 4.78 is 19.3. The van der Waals surface area contributed by atoms with Crippen LogP contribution in [0.4, 0.5) is 14.9 Å². The topological polar surface area (TPSA) is 122 Å². The van der Waals surface area contributed by atoms with Crippen LogP contribution in [0.1, 0.15) is 41.3 Å². The smallest absolute Gasteiger partial charge is 0.338 e. The lowest BCUT2D eigenvalue weighted by molar-refractivity contribution is -0.136. The van der Waals surface area contributed by atoms with Crippen LogP contribution >= 0.6 is 22.9 Å². The predicted octanol–water partition coefficient (Wildman–Crippen LogP) is 4.72. The lowest BCUT2D eigenvalue weighted by atomic mass is 9.95. The Morgan fingerprint density at radius 1 is 1.16 bits per heavy atom. The Hall–Kier alpha value is -4.37. The van der Waals surface area contributed by atoms with E-state index in [2.05, 4.69) is 32.1 Å². The number of likely N-dealkylation sites (tertiary alicyclic amines) is 1. The van der Waals surface area contributed by atoms with Crippen molar-refractivity contribution in [2.75, 3.05) is 58.3 Å². The molecule has 8 rings (SSSR count). The van der Waals surface area contributed by atoms with Gasteiger partial charge in [0.1, 0.15) is 17.7 Å². The molecule has 15 heteroatoms. The highest BCUT2D eigenvalue weighted by atomic mass is 35.5. The molecule has 2 N–H and O–H groups in total. The van der Waals surface area contributed by atoms with Crippen molar-refractivity contribution in [1.29, 1.82) is 0 Å². The molecule has 0 saturated carbocycles. The quantitative estimate of drug-likeness (QED) is 0.265. The van der Waals surface area contributed by atoms with Gasteiger partial charge in [0.2, 0.25) is 0 Å². The fraction of sp³-hybridized carbons (Fsp3) is 0.382.